The molecule has 1 saturated heterocycles. The van der Waals surface area contributed by atoms with Gasteiger partial charge in [0.05, 0.1) is 7.11 Å². The minimum absolute atomic E-state index is 0.738. The molecule has 17 heavy (non-hydrogen) atoms. The Morgan fingerprint density at radius 3 is 2.65 bits per heavy atom. The lowest BCUT2D eigenvalue weighted by Crippen LogP contribution is -2.46. The first-order chi connectivity index (χ1) is 8.24. The highest BCUT2D eigenvalue weighted by Gasteiger charge is 2.19. The maximum Gasteiger partial charge on any atom is 0.209 e. The van der Waals surface area contributed by atoms with E-state index < -0.39 is 0 Å². The first kappa shape index (κ1) is 11.7. The SMILES string of the molecule is COc1cc(C)cnc1N1CCN(C=O)CC1. The second-order valence-electron chi connectivity index (χ2n) is 4.17. The topological polar surface area (TPSA) is 45.7 Å². The third-order valence-corrected chi connectivity index (χ3v) is 2.95. The predicted octanol–water partition coefficient (Wildman–Crippen LogP) is 0.677. The van der Waals surface area contributed by atoms with Crippen LogP contribution >= 0.6 is 0 Å². The number of anilines is 1. The summed E-state index contributed by atoms with van der Waals surface area (Å²) >= 11 is 0. The molecule has 2 heterocycles. The summed E-state index contributed by atoms with van der Waals surface area (Å²) in [6, 6.07) is 1.98. The molecule has 1 aliphatic heterocycles. The van der Waals surface area contributed by atoms with Crippen LogP contribution in [0.15, 0.2) is 12.3 Å². The Morgan fingerprint density at radius 1 is 1.35 bits per heavy atom. The molecule has 0 aliphatic carbocycles. The largest absolute Gasteiger partial charge is 0.493 e. The van der Waals surface area contributed by atoms with Crippen LogP contribution in [0, 0.1) is 6.92 Å². The average molecular weight is 235 g/mol. The number of rotatable bonds is 3. The van der Waals surface area contributed by atoms with Crippen molar-refractivity contribution in [2.75, 3.05) is 38.2 Å². The van der Waals surface area contributed by atoms with E-state index in [1.54, 1.807) is 12.0 Å². The van der Waals surface area contributed by atoms with Crippen LogP contribution in [-0.2, 0) is 4.79 Å². The Kier molecular flexibility index (Phi) is 3.46. The van der Waals surface area contributed by atoms with Gasteiger partial charge < -0.3 is 14.5 Å². The van der Waals surface area contributed by atoms with Crippen molar-refractivity contribution >= 4 is 12.2 Å². The monoisotopic (exact) mass is 235 g/mol. The van der Waals surface area contributed by atoms with E-state index in [1.807, 2.05) is 19.2 Å². The van der Waals surface area contributed by atoms with E-state index in [2.05, 4.69) is 9.88 Å². The molecule has 0 bridgehead atoms. The first-order valence-electron chi connectivity index (χ1n) is 5.69. The number of methoxy groups -OCH3 is 1. The standard InChI is InChI=1S/C12H17N3O2/c1-10-7-11(17-2)12(13-8-10)15-5-3-14(9-16)4-6-15/h7-9H,3-6H2,1-2H3. The second kappa shape index (κ2) is 5.03. The zero-order valence-corrected chi connectivity index (χ0v) is 10.2. The molecule has 0 radical (unpaired) electrons. The van der Waals surface area contributed by atoms with Crippen LogP contribution < -0.4 is 9.64 Å². The highest BCUT2D eigenvalue weighted by atomic mass is 16.5. The minimum atomic E-state index is 0.738. The zero-order valence-electron chi connectivity index (χ0n) is 10.2. The maximum atomic E-state index is 10.6. The van der Waals surface area contributed by atoms with Crippen molar-refractivity contribution in [3.63, 3.8) is 0 Å². The summed E-state index contributed by atoms with van der Waals surface area (Å²) in [4.78, 5) is 19.0. The number of aromatic nitrogens is 1. The van der Waals surface area contributed by atoms with Crippen LogP contribution in [0.25, 0.3) is 0 Å². The van der Waals surface area contributed by atoms with Gasteiger partial charge in [0.25, 0.3) is 0 Å². The van der Waals surface area contributed by atoms with Crippen LogP contribution in [0.1, 0.15) is 5.56 Å². The number of nitrogens with zero attached hydrogens (tertiary/aromatic N) is 3. The van der Waals surface area contributed by atoms with Gasteiger partial charge in [0.15, 0.2) is 11.6 Å². The van der Waals surface area contributed by atoms with E-state index in [0.29, 0.717) is 0 Å². The van der Waals surface area contributed by atoms with Gasteiger partial charge in [-0.25, -0.2) is 4.98 Å². The summed E-state index contributed by atoms with van der Waals surface area (Å²) in [6.07, 6.45) is 2.74. The molecule has 0 N–H and O–H groups in total. The maximum absolute atomic E-state index is 10.6. The van der Waals surface area contributed by atoms with Crippen molar-refractivity contribution in [2.24, 2.45) is 0 Å². The molecular formula is C12H17N3O2. The third-order valence-electron chi connectivity index (χ3n) is 2.95. The third kappa shape index (κ3) is 2.49. The Hall–Kier alpha value is -1.78. The van der Waals surface area contributed by atoms with Crippen LogP contribution in [0.5, 0.6) is 5.75 Å². The summed E-state index contributed by atoms with van der Waals surface area (Å²) < 4.78 is 5.35. The number of amides is 1. The molecule has 1 aromatic heterocycles. The van der Waals surface area contributed by atoms with Crippen LogP contribution in [-0.4, -0.2) is 49.6 Å². The molecule has 1 aromatic rings. The van der Waals surface area contributed by atoms with Gasteiger partial charge in [-0.15, -0.1) is 0 Å². The smallest absolute Gasteiger partial charge is 0.209 e. The average Bonchev–Trinajstić information content (AvgIpc) is 2.39. The number of carbonyl (C=O) groups is 1. The Labute approximate surface area is 101 Å². The molecular weight excluding hydrogens is 218 g/mol. The molecule has 1 aliphatic rings. The van der Waals surface area contributed by atoms with Crippen molar-refractivity contribution in [3.8, 4) is 5.75 Å². The van der Waals surface area contributed by atoms with Crippen LogP contribution in [0.4, 0.5) is 5.82 Å². The fraction of sp³-hybridized carbons (Fsp3) is 0.500. The summed E-state index contributed by atoms with van der Waals surface area (Å²) in [5.74, 6) is 1.66. The lowest BCUT2D eigenvalue weighted by Gasteiger charge is -2.33. The Morgan fingerprint density at radius 2 is 2.06 bits per heavy atom. The Bertz CT molecular complexity index is 401. The molecule has 0 spiro atoms. The van der Waals surface area contributed by atoms with E-state index >= 15 is 0 Å². The molecule has 0 unspecified atom stereocenters. The van der Waals surface area contributed by atoms with E-state index in [9.17, 15) is 4.79 Å². The highest BCUT2D eigenvalue weighted by molar-refractivity contribution is 5.55. The minimum Gasteiger partial charge on any atom is -0.493 e. The first-order valence-corrected chi connectivity index (χ1v) is 5.69. The lowest BCUT2D eigenvalue weighted by molar-refractivity contribution is -0.118. The molecule has 92 valence electrons. The molecule has 0 atom stereocenters. The molecule has 5 nitrogen and oxygen atoms in total. The number of piperazine rings is 1. The van der Waals surface area contributed by atoms with E-state index in [1.165, 1.54) is 0 Å². The van der Waals surface area contributed by atoms with Gasteiger partial charge in [-0.1, -0.05) is 0 Å². The lowest BCUT2D eigenvalue weighted by atomic mass is 10.2. The molecule has 1 fully saturated rings. The van der Waals surface area contributed by atoms with Gasteiger partial charge in [0, 0.05) is 32.4 Å². The van der Waals surface area contributed by atoms with Gasteiger partial charge in [0.1, 0.15) is 0 Å². The van der Waals surface area contributed by atoms with Gasteiger partial charge in [-0.2, -0.15) is 0 Å². The molecule has 1 amide bonds. The fourth-order valence-electron chi connectivity index (χ4n) is 1.96. The second-order valence-corrected chi connectivity index (χ2v) is 4.17. The number of aryl methyl sites for hydroxylation is 1. The number of carbonyl (C=O) groups excluding carboxylic acids is 1. The molecule has 0 aromatic carbocycles. The van der Waals surface area contributed by atoms with E-state index in [0.717, 1.165) is 49.7 Å². The van der Waals surface area contributed by atoms with Crippen LogP contribution in [0.3, 0.4) is 0 Å². The number of pyridine rings is 1. The number of hydrogen-bond acceptors (Lipinski definition) is 4. The predicted molar refractivity (Wildman–Crippen MR) is 65.4 cm³/mol. The summed E-state index contributed by atoms with van der Waals surface area (Å²) in [6.45, 7) is 5.06. The highest BCUT2D eigenvalue weighted by Crippen LogP contribution is 2.26. The van der Waals surface area contributed by atoms with Crippen molar-refractivity contribution in [3.05, 3.63) is 17.8 Å². The quantitative estimate of drug-likeness (QED) is 0.723. The van der Waals surface area contributed by atoms with E-state index in [4.69, 9.17) is 4.74 Å². The number of ether oxygens (including phenoxy) is 1. The van der Waals surface area contributed by atoms with E-state index in [-0.39, 0.29) is 0 Å². The van der Waals surface area contributed by atoms with Crippen LogP contribution in [0.2, 0.25) is 0 Å². The summed E-state index contributed by atoms with van der Waals surface area (Å²) in [7, 11) is 1.65. The Balaban J connectivity index is 2.15. The van der Waals surface area contributed by atoms with Gasteiger partial charge in [-0.05, 0) is 18.6 Å². The molecule has 5 heteroatoms. The summed E-state index contributed by atoms with van der Waals surface area (Å²) in [5, 5.41) is 0. The van der Waals surface area contributed by atoms with Gasteiger partial charge in [0.2, 0.25) is 6.41 Å². The number of hydrogen-bond donors (Lipinski definition) is 0. The summed E-state index contributed by atoms with van der Waals surface area (Å²) in [5.41, 5.74) is 1.08. The zero-order chi connectivity index (χ0) is 12.3. The van der Waals surface area contributed by atoms with Gasteiger partial charge in [-0.3, -0.25) is 4.79 Å². The van der Waals surface area contributed by atoms with Crippen molar-refractivity contribution in [1.29, 1.82) is 0 Å². The van der Waals surface area contributed by atoms with Crippen molar-refractivity contribution in [2.45, 2.75) is 6.92 Å². The van der Waals surface area contributed by atoms with Gasteiger partial charge >= 0.3 is 0 Å². The normalized spacial score (nSPS) is 15.9. The van der Waals surface area contributed by atoms with Crippen molar-refractivity contribution < 1.29 is 9.53 Å². The van der Waals surface area contributed by atoms with Crippen molar-refractivity contribution in [1.82, 2.24) is 9.88 Å². The fourth-order valence-corrected chi connectivity index (χ4v) is 1.96. The molecule has 0 saturated carbocycles. The molecule has 2 rings (SSSR count).